The lowest BCUT2D eigenvalue weighted by Gasteiger charge is -2.20. The van der Waals surface area contributed by atoms with Gasteiger partial charge in [0.15, 0.2) is 23.0 Å². The van der Waals surface area contributed by atoms with Crippen LogP contribution in [0.2, 0.25) is 0 Å². The van der Waals surface area contributed by atoms with Crippen molar-refractivity contribution in [1.82, 2.24) is 0 Å². The van der Waals surface area contributed by atoms with Crippen molar-refractivity contribution < 1.29 is 28.5 Å². The number of hydrogen-bond donors (Lipinski definition) is 0. The summed E-state index contributed by atoms with van der Waals surface area (Å²) in [4.78, 5) is 14.7. The maximum atomic E-state index is 13.1. The van der Waals surface area contributed by atoms with Crippen molar-refractivity contribution in [2.75, 3.05) is 40.4 Å². The van der Waals surface area contributed by atoms with E-state index in [1.54, 1.807) is 30.2 Å². The molecule has 0 bridgehead atoms. The molecular weight excluding hydrogens is 338 g/mol. The summed E-state index contributed by atoms with van der Waals surface area (Å²) < 4.78 is 26.8. The van der Waals surface area contributed by atoms with Crippen LogP contribution >= 0.6 is 0 Å². The molecule has 0 saturated heterocycles. The van der Waals surface area contributed by atoms with Gasteiger partial charge in [-0.25, -0.2) is 0 Å². The Morgan fingerprint density at radius 3 is 1.85 bits per heavy atom. The molecule has 0 aliphatic carbocycles. The molecule has 0 radical (unpaired) electrons. The Bertz CT molecular complexity index is 823. The highest BCUT2D eigenvalue weighted by atomic mass is 16.5. The van der Waals surface area contributed by atoms with Crippen LogP contribution in [0, 0.1) is 0 Å². The molecule has 2 aromatic rings. The minimum absolute atomic E-state index is 0.176. The van der Waals surface area contributed by atoms with Crippen LogP contribution in [0.15, 0.2) is 24.3 Å². The molecule has 0 N–H and O–H groups in total. The van der Waals surface area contributed by atoms with Gasteiger partial charge in [-0.3, -0.25) is 4.79 Å². The number of benzene rings is 2. The first-order chi connectivity index (χ1) is 12.6. The molecule has 0 aromatic heterocycles. The molecule has 0 spiro atoms. The third kappa shape index (κ3) is 2.65. The van der Waals surface area contributed by atoms with Crippen molar-refractivity contribution in [3.05, 3.63) is 35.4 Å². The van der Waals surface area contributed by atoms with Gasteiger partial charge in [-0.05, 0) is 11.6 Å². The van der Waals surface area contributed by atoms with Gasteiger partial charge in [-0.2, -0.15) is 0 Å². The van der Waals surface area contributed by atoms with E-state index in [0.29, 0.717) is 46.5 Å². The lowest BCUT2D eigenvalue weighted by Crippen LogP contribution is -2.23. The monoisotopic (exact) mass is 359 g/mol. The Balaban J connectivity index is 2.08. The van der Waals surface area contributed by atoms with Crippen LogP contribution in [-0.2, 0) is 6.54 Å². The van der Waals surface area contributed by atoms with E-state index in [1.165, 1.54) is 28.4 Å². The molecule has 0 saturated carbocycles. The number of amides is 1. The van der Waals surface area contributed by atoms with Crippen LogP contribution in [0.1, 0.15) is 15.9 Å². The fraction of sp³-hybridized carbons (Fsp3) is 0.316. The molecule has 1 aliphatic rings. The zero-order valence-corrected chi connectivity index (χ0v) is 15.4. The Labute approximate surface area is 152 Å². The van der Waals surface area contributed by atoms with E-state index in [1.807, 2.05) is 6.07 Å². The van der Waals surface area contributed by atoms with Gasteiger partial charge in [0.05, 0.1) is 53.3 Å². The number of methoxy groups -OCH3 is 5. The van der Waals surface area contributed by atoms with E-state index in [4.69, 9.17) is 23.7 Å². The molecule has 0 unspecified atom stereocenters. The number of anilines is 1. The normalized spacial score (nSPS) is 12.7. The van der Waals surface area contributed by atoms with Crippen molar-refractivity contribution >= 4 is 11.6 Å². The number of rotatable bonds is 6. The van der Waals surface area contributed by atoms with Crippen LogP contribution in [-0.4, -0.2) is 41.5 Å². The lowest BCUT2D eigenvalue weighted by molar-refractivity contribution is 0.0993. The third-order valence-electron chi connectivity index (χ3n) is 4.38. The second kappa shape index (κ2) is 7.03. The molecule has 2 aromatic carbocycles. The van der Waals surface area contributed by atoms with Crippen molar-refractivity contribution in [1.29, 1.82) is 0 Å². The van der Waals surface area contributed by atoms with Gasteiger partial charge in [0.1, 0.15) is 0 Å². The highest BCUT2D eigenvalue weighted by Gasteiger charge is 2.34. The zero-order valence-electron chi connectivity index (χ0n) is 15.4. The highest BCUT2D eigenvalue weighted by Crippen LogP contribution is 2.44. The second-order valence-electron chi connectivity index (χ2n) is 5.61. The Kier molecular flexibility index (Phi) is 4.79. The summed E-state index contributed by atoms with van der Waals surface area (Å²) in [6, 6.07) is 7.15. The summed E-state index contributed by atoms with van der Waals surface area (Å²) in [5, 5.41) is 0. The predicted octanol–water partition coefficient (Wildman–Crippen LogP) is 2.89. The first kappa shape index (κ1) is 17.7. The summed E-state index contributed by atoms with van der Waals surface area (Å²) in [5.41, 5.74) is 2.00. The number of carbonyl (C=O) groups is 1. The van der Waals surface area contributed by atoms with Crippen LogP contribution in [0.5, 0.6) is 28.7 Å². The minimum atomic E-state index is -0.176. The van der Waals surface area contributed by atoms with Gasteiger partial charge in [-0.1, -0.05) is 6.07 Å². The summed E-state index contributed by atoms with van der Waals surface area (Å²) >= 11 is 0. The quantitative estimate of drug-likeness (QED) is 0.790. The second-order valence-corrected chi connectivity index (χ2v) is 5.61. The summed E-state index contributed by atoms with van der Waals surface area (Å²) in [6.45, 7) is 0.410. The van der Waals surface area contributed by atoms with E-state index in [0.717, 1.165) is 5.56 Å². The third-order valence-corrected chi connectivity index (χ3v) is 4.38. The molecule has 1 aliphatic heterocycles. The Morgan fingerprint density at radius 1 is 0.769 bits per heavy atom. The van der Waals surface area contributed by atoms with Crippen molar-refractivity contribution in [2.24, 2.45) is 0 Å². The number of fused-ring (bicyclic) bond motifs is 1. The smallest absolute Gasteiger partial charge is 0.262 e. The van der Waals surface area contributed by atoms with E-state index in [9.17, 15) is 4.79 Å². The number of nitrogens with zero attached hydrogens (tertiary/aromatic N) is 1. The summed E-state index contributed by atoms with van der Waals surface area (Å²) in [5.74, 6) is 2.22. The first-order valence-electron chi connectivity index (χ1n) is 7.95. The van der Waals surface area contributed by atoms with E-state index < -0.39 is 0 Å². The molecular formula is C19H21NO6. The van der Waals surface area contributed by atoms with E-state index >= 15 is 0 Å². The summed E-state index contributed by atoms with van der Waals surface area (Å²) in [6.07, 6.45) is 0. The first-order valence-corrected chi connectivity index (χ1v) is 7.95. The molecule has 1 amide bonds. The maximum absolute atomic E-state index is 13.1. The van der Waals surface area contributed by atoms with Gasteiger partial charge in [0.2, 0.25) is 5.75 Å². The Hall–Kier alpha value is -3.09. The summed E-state index contributed by atoms with van der Waals surface area (Å²) in [7, 11) is 7.67. The lowest BCUT2D eigenvalue weighted by atomic mass is 10.1. The number of ether oxygens (including phenoxy) is 5. The van der Waals surface area contributed by atoms with Crippen molar-refractivity contribution in [3.8, 4) is 28.7 Å². The van der Waals surface area contributed by atoms with Gasteiger partial charge >= 0.3 is 0 Å². The molecule has 7 nitrogen and oxygen atoms in total. The molecule has 0 fully saturated rings. The van der Waals surface area contributed by atoms with E-state index in [2.05, 4.69) is 0 Å². The topological polar surface area (TPSA) is 66.5 Å². The number of hydrogen-bond acceptors (Lipinski definition) is 6. The molecule has 1 heterocycles. The molecule has 26 heavy (non-hydrogen) atoms. The van der Waals surface area contributed by atoms with Gasteiger partial charge in [-0.15, -0.1) is 0 Å². The minimum Gasteiger partial charge on any atom is -0.493 e. The average molecular weight is 359 g/mol. The highest BCUT2D eigenvalue weighted by molar-refractivity contribution is 6.12. The SMILES string of the molecule is COc1cc(N2Cc3ccc(OC)c(OC)c3C2=O)cc(OC)c1OC. The largest absolute Gasteiger partial charge is 0.493 e. The van der Waals surface area contributed by atoms with Crippen LogP contribution in [0.3, 0.4) is 0 Å². The van der Waals surface area contributed by atoms with Crippen LogP contribution < -0.4 is 28.6 Å². The number of carbonyl (C=O) groups excluding carboxylic acids is 1. The maximum Gasteiger partial charge on any atom is 0.262 e. The van der Waals surface area contributed by atoms with Gasteiger partial charge < -0.3 is 28.6 Å². The van der Waals surface area contributed by atoms with Crippen molar-refractivity contribution in [3.63, 3.8) is 0 Å². The Morgan fingerprint density at radius 2 is 1.35 bits per heavy atom. The van der Waals surface area contributed by atoms with Crippen LogP contribution in [0.25, 0.3) is 0 Å². The van der Waals surface area contributed by atoms with Gasteiger partial charge in [0, 0.05) is 12.1 Å². The fourth-order valence-electron chi connectivity index (χ4n) is 3.14. The van der Waals surface area contributed by atoms with E-state index in [-0.39, 0.29) is 5.91 Å². The predicted molar refractivity (Wildman–Crippen MR) is 96.2 cm³/mol. The zero-order chi connectivity index (χ0) is 18.8. The van der Waals surface area contributed by atoms with Crippen molar-refractivity contribution in [2.45, 2.75) is 6.54 Å². The molecule has 3 rings (SSSR count). The molecule has 7 heteroatoms. The average Bonchev–Trinajstić information content (AvgIpc) is 3.02. The fourth-order valence-corrected chi connectivity index (χ4v) is 3.14. The molecule has 138 valence electrons. The standard InChI is InChI=1S/C19H21NO6/c1-22-13-7-6-11-10-20(19(21)16(11)18(13)26-5)12-8-14(23-2)17(25-4)15(9-12)24-3/h6-9H,10H2,1-5H3. The van der Waals surface area contributed by atoms with Gasteiger partial charge in [0.25, 0.3) is 5.91 Å². The van der Waals surface area contributed by atoms with Crippen LogP contribution in [0.4, 0.5) is 5.69 Å². The molecule has 0 atom stereocenters.